The van der Waals surface area contributed by atoms with E-state index in [1.165, 1.54) is 0 Å². The number of carbonyl (C=O) groups excluding carboxylic acids is 2. The lowest BCUT2D eigenvalue weighted by Gasteiger charge is -2.35. The molecule has 0 spiro atoms. The number of amides is 1. The zero-order valence-electron chi connectivity index (χ0n) is 21.6. The molecule has 2 aromatic carbocycles. The third-order valence-corrected chi connectivity index (χ3v) is 7.27. The van der Waals surface area contributed by atoms with Crippen molar-refractivity contribution in [3.05, 3.63) is 77.1 Å². The van der Waals surface area contributed by atoms with Crippen molar-refractivity contribution in [2.75, 3.05) is 0 Å². The number of hydrogen-bond acceptors (Lipinski definition) is 4. The van der Waals surface area contributed by atoms with Crippen LogP contribution in [0.15, 0.2) is 54.6 Å². The summed E-state index contributed by atoms with van der Waals surface area (Å²) in [7, 11) is 0. The second-order valence-electron chi connectivity index (χ2n) is 12.0. The van der Waals surface area contributed by atoms with Gasteiger partial charge in [0.15, 0.2) is 0 Å². The highest BCUT2D eigenvalue weighted by atomic mass is 16.6. The van der Waals surface area contributed by atoms with Crippen LogP contribution < -0.4 is 0 Å². The summed E-state index contributed by atoms with van der Waals surface area (Å²) < 4.78 is 13.6. The Kier molecular flexibility index (Phi) is 4.76. The molecule has 0 radical (unpaired) electrons. The minimum Gasteiger partial charge on any atom is -0.444 e. The number of fused-ring (bicyclic) bond motifs is 12. The molecule has 1 aromatic heterocycles. The molecule has 0 N–H and O–H groups in total. The quantitative estimate of drug-likeness (QED) is 0.339. The Morgan fingerprint density at radius 1 is 0.750 bits per heavy atom. The molecule has 3 heterocycles. The fourth-order valence-corrected chi connectivity index (χ4v) is 6.27. The highest BCUT2D eigenvalue weighted by Crippen LogP contribution is 2.64. The van der Waals surface area contributed by atoms with Gasteiger partial charge >= 0.3 is 12.2 Å². The van der Waals surface area contributed by atoms with Crippen LogP contribution in [-0.4, -0.2) is 32.9 Å². The zero-order chi connectivity index (χ0) is 25.6. The molecule has 6 heteroatoms. The molecule has 3 aliphatic rings. The van der Waals surface area contributed by atoms with E-state index >= 15 is 0 Å². The predicted octanol–water partition coefficient (Wildman–Crippen LogP) is 7.20. The third kappa shape index (κ3) is 3.30. The van der Waals surface area contributed by atoms with Gasteiger partial charge in [-0.15, -0.1) is 0 Å². The molecule has 186 valence electrons. The maximum absolute atomic E-state index is 13.9. The molecule has 1 amide bonds. The van der Waals surface area contributed by atoms with E-state index in [2.05, 4.69) is 30.4 Å². The van der Waals surface area contributed by atoms with Crippen LogP contribution in [0.25, 0.3) is 16.8 Å². The first kappa shape index (κ1) is 22.9. The Balaban J connectivity index is 1.58. The monoisotopic (exact) mass is 484 g/mol. The zero-order valence-corrected chi connectivity index (χ0v) is 21.6. The number of aromatic nitrogens is 1. The highest BCUT2D eigenvalue weighted by Gasteiger charge is 2.60. The number of rotatable bonds is 0. The van der Waals surface area contributed by atoms with E-state index < -0.39 is 17.3 Å². The number of nitrogens with zero attached hydrogens (tertiary/aromatic N) is 2. The largest absolute Gasteiger partial charge is 0.444 e. The van der Waals surface area contributed by atoms with Crippen molar-refractivity contribution in [2.45, 2.75) is 70.7 Å². The van der Waals surface area contributed by atoms with Crippen LogP contribution in [-0.2, 0) is 9.47 Å². The molecular weight excluding hydrogens is 452 g/mol. The summed E-state index contributed by atoms with van der Waals surface area (Å²) in [4.78, 5) is 29.4. The molecule has 1 fully saturated rings. The van der Waals surface area contributed by atoms with Crippen molar-refractivity contribution in [2.24, 2.45) is 5.92 Å². The first-order chi connectivity index (χ1) is 17.0. The van der Waals surface area contributed by atoms with E-state index in [9.17, 15) is 9.59 Å². The van der Waals surface area contributed by atoms with Gasteiger partial charge in [0.1, 0.15) is 11.2 Å². The van der Waals surface area contributed by atoms with E-state index in [0.29, 0.717) is 0 Å². The van der Waals surface area contributed by atoms with E-state index in [0.717, 1.165) is 33.3 Å². The van der Waals surface area contributed by atoms with Gasteiger partial charge in [0.05, 0.1) is 17.8 Å². The summed E-state index contributed by atoms with van der Waals surface area (Å²) >= 11 is 0. The molecule has 0 unspecified atom stereocenters. The first-order valence-electron chi connectivity index (χ1n) is 12.6. The molecule has 2 aliphatic heterocycles. The number of hydrogen-bond donors (Lipinski definition) is 0. The Labute approximate surface area is 211 Å². The van der Waals surface area contributed by atoms with Crippen molar-refractivity contribution in [1.29, 1.82) is 0 Å². The second kappa shape index (κ2) is 7.48. The maximum atomic E-state index is 13.9. The van der Waals surface area contributed by atoms with Crippen molar-refractivity contribution in [1.82, 2.24) is 9.47 Å². The van der Waals surface area contributed by atoms with Gasteiger partial charge in [0.2, 0.25) is 0 Å². The number of carbonyl (C=O) groups is 2. The van der Waals surface area contributed by atoms with E-state index in [4.69, 9.17) is 9.47 Å². The van der Waals surface area contributed by atoms with Crippen LogP contribution in [0, 0.1) is 5.92 Å². The molecule has 3 aromatic rings. The van der Waals surface area contributed by atoms with Crippen LogP contribution in [0.2, 0.25) is 0 Å². The number of ether oxygens (including phenoxy) is 2. The SMILES string of the molecule is CC(C)(C)OC(=O)N1[C@@H]2c3ccccc3C=C[C@@H]2[C@@H]2c3c4ccccc4c(n3C(=O)OC(C)(C)C)[C@@H]21. The predicted molar refractivity (Wildman–Crippen MR) is 139 cm³/mol. The van der Waals surface area contributed by atoms with Gasteiger partial charge in [-0.25, -0.2) is 9.59 Å². The molecule has 1 aliphatic carbocycles. The van der Waals surface area contributed by atoms with Crippen LogP contribution in [0.5, 0.6) is 0 Å². The third-order valence-electron chi connectivity index (χ3n) is 7.27. The molecule has 4 atom stereocenters. The van der Waals surface area contributed by atoms with Crippen LogP contribution >= 0.6 is 0 Å². The fraction of sp³-hybridized carbons (Fsp3) is 0.400. The molecule has 2 bridgehead atoms. The number of likely N-dealkylation sites (tertiary alicyclic amines) is 1. The van der Waals surface area contributed by atoms with E-state index in [1.807, 2.05) is 76.8 Å². The minimum atomic E-state index is -0.646. The van der Waals surface area contributed by atoms with E-state index in [1.54, 1.807) is 4.57 Å². The van der Waals surface area contributed by atoms with Gasteiger partial charge in [0, 0.05) is 28.3 Å². The Hall–Kier alpha value is -3.54. The van der Waals surface area contributed by atoms with Gasteiger partial charge < -0.3 is 9.47 Å². The smallest absolute Gasteiger partial charge is 0.419 e. The van der Waals surface area contributed by atoms with Crippen LogP contribution in [0.4, 0.5) is 9.59 Å². The van der Waals surface area contributed by atoms with Gasteiger partial charge in [-0.1, -0.05) is 60.7 Å². The van der Waals surface area contributed by atoms with Crippen molar-refractivity contribution >= 4 is 29.0 Å². The summed E-state index contributed by atoms with van der Waals surface area (Å²) in [6, 6.07) is 15.8. The summed E-state index contributed by atoms with van der Waals surface area (Å²) in [5.74, 6) is -0.0762. The van der Waals surface area contributed by atoms with Crippen molar-refractivity contribution in [3.63, 3.8) is 0 Å². The standard InChI is InChI=1S/C30H32N2O4/c1-29(2,3)35-27(33)31-23-18-12-8-7-11-17(18)15-16-21(23)22-24-19-13-9-10-14-20(19)25(26(22)31)32(24)28(34)36-30(4,5)6/h7-16,21-23,26H,1-6H3/t21-,22-,23-,26-/m1/s1. The van der Waals surface area contributed by atoms with E-state index in [-0.39, 0.29) is 30.0 Å². The molecule has 6 nitrogen and oxygen atoms in total. The molecule has 0 saturated carbocycles. The van der Waals surface area contributed by atoms with Crippen molar-refractivity contribution < 1.29 is 19.1 Å². The first-order valence-corrected chi connectivity index (χ1v) is 12.6. The average Bonchev–Trinajstić information content (AvgIpc) is 3.41. The summed E-state index contributed by atoms with van der Waals surface area (Å²) in [6.45, 7) is 11.3. The lowest BCUT2D eigenvalue weighted by atomic mass is 9.76. The minimum absolute atomic E-state index is 0.00297. The van der Waals surface area contributed by atoms with Crippen LogP contribution in [0.1, 0.15) is 82.1 Å². The average molecular weight is 485 g/mol. The normalized spacial score (nSPS) is 23.9. The Bertz CT molecular complexity index is 1440. The van der Waals surface area contributed by atoms with Gasteiger partial charge in [-0.2, -0.15) is 0 Å². The molecule has 36 heavy (non-hydrogen) atoms. The summed E-state index contributed by atoms with van der Waals surface area (Å²) in [6.07, 6.45) is 3.59. The van der Waals surface area contributed by atoms with Gasteiger partial charge in [-0.3, -0.25) is 9.47 Å². The highest BCUT2D eigenvalue weighted by molar-refractivity contribution is 5.98. The van der Waals surface area contributed by atoms with Crippen molar-refractivity contribution in [3.8, 4) is 0 Å². The summed E-state index contributed by atoms with van der Waals surface area (Å²) in [5, 5.41) is 2.01. The second-order valence-corrected chi connectivity index (χ2v) is 12.0. The number of benzene rings is 2. The Morgan fingerprint density at radius 2 is 1.33 bits per heavy atom. The van der Waals surface area contributed by atoms with Gasteiger partial charge in [0.25, 0.3) is 0 Å². The topological polar surface area (TPSA) is 60.8 Å². The Morgan fingerprint density at radius 3 is 2.00 bits per heavy atom. The van der Waals surface area contributed by atoms with Gasteiger partial charge in [-0.05, 0) is 52.7 Å². The maximum Gasteiger partial charge on any atom is 0.419 e. The molecular formula is C30H32N2O4. The lowest BCUT2D eigenvalue weighted by Crippen LogP contribution is -2.39. The lowest BCUT2D eigenvalue weighted by molar-refractivity contribution is 0.0122. The van der Waals surface area contributed by atoms with Crippen LogP contribution in [0.3, 0.4) is 0 Å². The fourth-order valence-electron chi connectivity index (χ4n) is 6.27. The molecule has 6 rings (SSSR count). The molecule has 1 saturated heterocycles. The summed E-state index contributed by atoms with van der Waals surface area (Å²) in [5.41, 5.74) is 2.66.